The maximum absolute atomic E-state index is 11.8. The fraction of sp³-hybridized carbons (Fsp3) is 0.750. The summed E-state index contributed by atoms with van der Waals surface area (Å²) in [7, 11) is 0. The van der Waals surface area contributed by atoms with Crippen molar-refractivity contribution in [1.29, 1.82) is 0 Å². The van der Waals surface area contributed by atoms with Gasteiger partial charge in [0.1, 0.15) is 12.1 Å². The molecule has 0 aromatic carbocycles. The second-order valence-corrected chi connectivity index (χ2v) is 4.70. The Labute approximate surface area is 110 Å². The van der Waals surface area contributed by atoms with Gasteiger partial charge >= 0.3 is 11.9 Å². The predicted molar refractivity (Wildman–Crippen MR) is 64.6 cm³/mol. The van der Waals surface area contributed by atoms with Crippen molar-refractivity contribution in [1.82, 2.24) is 5.32 Å². The Balaban J connectivity index is 2.42. The lowest BCUT2D eigenvalue weighted by molar-refractivity contribution is -0.144. The van der Waals surface area contributed by atoms with Gasteiger partial charge in [-0.1, -0.05) is 0 Å². The molecule has 0 aromatic heterocycles. The van der Waals surface area contributed by atoms with Gasteiger partial charge < -0.3 is 20.3 Å². The first-order valence-corrected chi connectivity index (χ1v) is 6.30. The van der Waals surface area contributed by atoms with Gasteiger partial charge in [0.25, 0.3) is 0 Å². The second-order valence-electron chi connectivity index (χ2n) is 4.70. The normalized spacial score (nSPS) is 23.8. The SMILES string of the molecule is CC1CCC(C(=O)N[C@H](CCCC(=O)O)C(=O)O)O1. The summed E-state index contributed by atoms with van der Waals surface area (Å²) in [5.41, 5.74) is 0. The summed E-state index contributed by atoms with van der Waals surface area (Å²) < 4.78 is 5.35. The average Bonchev–Trinajstić information content (AvgIpc) is 2.73. The number of carboxylic acids is 2. The van der Waals surface area contributed by atoms with Crippen LogP contribution in [0.25, 0.3) is 0 Å². The first kappa shape index (κ1) is 15.4. The van der Waals surface area contributed by atoms with E-state index >= 15 is 0 Å². The van der Waals surface area contributed by atoms with Crippen LogP contribution < -0.4 is 5.32 Å². The number of carboxylic acid groups (broad SMARTS) is 2. The van der Waals surface area contributed by atoms with Crippen LogP contribution in [0, 0.1) is 0 Å². The summed E-state index contributed by atoms with van der Waals surface area (Å²) in [5, 5.41) is 19.9. The van der Waals surface area contributed by atoms with Gasteiger partial charge in [-0.25, -0.2) is 4.79 Å². The number of rotatable bonds is 7. The van der Waals surface area contributed by atoms with Crippen molar-refractivity contribution < 1.29 is 29.3 Å². The highest BCUT2D eigenvalue weighted by Gasteiger charge is 2.30. The lowest BCUT2D eigenvalue weighted by Gasteiger charge is -2.17. The zero-order valence-corrected chi connectivity index (χ0v) is 10.8. The first-order valence-electron chi connectivity index (χ1n) is 6.30. The molecule has 1 amide bonds. The summed E-state index contributed by atoms with van der Waals surface area (Å²) in [6.45, 7) is 1.86. The maximum atomic E-state index is 11.8. The maximum Gasteiger partial charge on any atom is 0.326 e. The molecule has 3 N–H and O–H groups in total. The molecule has 1 heterocycles. The molecule has 1 fully saturated rings. The van der Waals surface area contributed by atoms with Gasteiger partial charge in [-0.3, -0.25) is 9.59 Å². The molecular formula is C12H19NO6. The fourth-order valence-electron chi connectivity index (χ4n) is 1.97. The molecule has 1 aliphatic heterocycles. The lowest BCUT2D eigenvalue weighted by atomic mass is 10.1. The van der Waals surface area contributed by atoms with E-state index in [1.807, 2.05) is 6.92 Å². The molecule has 7 nitrogen and oxygen atoms in total. The van der Waals surface area contributed by atoms with Gasteiger partial charge in [0.2, 0.25) is 5.91 Å². The number of ether oxygens (including phenoxy) is 1. The minimum atomic E-state index is -1.16. The highest BCUT2D eigenvalue weighted by atomic mass is 16.5. The molecule has 0 saturated carbocycles. The van der Waals surface area contributed by atoms with Gasteiger partial charge in [0, 0.05) is 6.42 Å². The molecule has 1 saturated heterocycles. The lowest BCUT2D eigenvalue weighted by Crippen LogP contribution is -2.45. The monoisotopic (exact) mass is 273 g/mol. The minimum Gasteiger partial charge on any atom is -0.481 e. The highest BCUT2D eigenvalue weighted by Crippen LogP contribution is 2.19. The third-order valence-corrected chi connectivity index (χ3v) is 3.02. The molecule has 0 spiro atoms. The summed E-state index contributed by atoms with van der Waals surface area (Å²) in [6.07, 6.45) is 0.937. The third-order valence-electron chi connectivity index (χ3n) is 3.02. The van der Waals surface area contributed by atoms with E-state index < -0.39 is 30.0 Å². The fourth-order valence-corrected chi connectivity index (χ4v) is 1.97. The van der Waals surface area contributed by atoms with Crippen LogP contribution in [0.5, 0.6) is 0 Å². The Morgan fingerprint density at radius 3 is 2.47 bits per heavy atom. The van der Waals surface area contributed by atoms with E-state index in [9.17, 15) is 14.4 Å². The van der Waals surface area contributed by atoms with Crippen LogP contribution in [-0.2, 0) is 19.1 Å². The van der Waals surface area contributed by atoms with Crippen molar-refractivity contribution in [3.63, 3.8) is 0 Å². The van der Waals surface area contributed by atoms with Crippen LogP contribution in [0.3, 0.4) is 0 Å². The van der Waals surface area contributed by atoms with Crippen LogP contribution in [0.4, 0.5) is 0 Å². The molecule has 0 aromatic rings. The van der Waals surface area contributed by atoms with Gasteiger partial charge in [0.15, 0.2) is 0 Å². The zero-order valence-electron chi connectivity index (χ0n) is 10.8. The van der Waals surface area contributed by atoms with Crippen LogP contribution in [0.1, 0.15) is 39.0 Å². The zero-order chi connectivity index (χ0) is 14.4. The standard InChI is InChI=1S/C12H19NO6/c1-7-5-6-9(19-7)11(16)13-8(12(17)18)3-2-4-10(14)15/h7-9H,2-6H2,1H3,(H,13,16)(H,14,15)(H,17,18)/t7?,8-,9?/m1/s1. The number of amides is 1. The molecule has 19 heavy (non-hydrogen) atoms. The summed E-state index contributed by atoms with van der Waals surface area (Å²) in [5.74, 6) is -2.58. The third kappa shape index (κ3) is 5.25. The molecule has 1 rings (SSSR count). The number of nitrogens with one attached hydrogen (secondary N) is 1. The van der Waals surface area contributed by atoms with Crippen molar-refractivity contribution in [3.05, 3.63) is 0 Å². The average molecular weight is 273 g/mol. The van der Waals surface area contributed by atoms with E-state index in [1.54, 1.807) is 0 Å². The molecular weight excluding hydrogens is 254 g/mol. The van der Waals surface area contributed by atoms with Crippen molar-refractivity contribution in [3.8, 4) is 0 Å². The predicted octanol–water partition coefficient (Wildman–Crippen LogP) is 0.378. The topological polar surface area (TPSA) is 113 Å². The molecule has 3 atom stereocenters. The van der Waals surface area contributed by atoms with Crippen LogP contribution in [0.2, 0.25) is 0 Å². The summed E-state index contributed by atoms with van der Waals surface area (Å²) in [4.78, 5) is 33.1. The van der Waals surface area contributed by atoms with E-state index in [0.29, 0.717) is 6.42 Å². The van der Waals surface area contributed by atoms with E-state index in [2.05, 4.69) is 5.32 Å². The summed E-state index contributed by atoms with van der Waals surface area (Å²) in [6, 6.07) is -1.06. The number of carbonyl (C=O) groups is 3. The second kappa shape index (κ2) is 7.08. The van der Waals surface area contributed by atoms with Gasteiger partial charge in [0.05, 0.1) is 6.10 Å². The largest absolute Gasteiger partial charge is 0.481 e. The van der Waals surface area contributed by atoms with Crippen LogP contribution in [0.15, 0.2) is 0 Å². The van der Waals surface area contributed by atoms with Crippen molar-refractivity contribution >= 4 is 17.8 Å². The molecule has 7 heteroatoms. The number of aliphatic carboxylic acids is 2. The van der Waals surface area contributed by atoms with E-state index in [1.165, 1.54) is 0 Å². The number of carbonyl (C=O) groups excluding carboxylic acids is 1. The Morgan fingerprint density at radius 1 is 1.32 bits per heavy atom. The quantitative estimate of drug-likeness (QED) is 0.618. The van der Waals surface area contributed by atoms with Gasteiger partial charge in [-0.2, -0.15) is 0 Å². The summed E-state index contributed by atoms with van der Waals surface area (Å²) >= 11 is 0. The van der Waals surface area contributed by atoms with E-state index in [4.69, 9.17) is 14.9 Å². The number of hydrogen-bond donors (Lipinski definition) is 3. The number of hydrogen-bond acceptors (Lipinski definition) is 4. The van der Waals surface area contributed by atoms with Gasteiger partial charge in [-0.05, 0) is 32.6 Å². The molecule has 0 bridgehead atoms. The first-order chi connectivity index (χ1) is 8.90. The van der Waals surface area contributed by atoms with Gasteiger partial charge in [-0.15, -0.1) is 0 Å². The Bertz CT molecular complexity index is 356. The highest BCUT2D eigenvalue weighted by molar-refractivity contribution is 5.86. The Kier molecular flexibility index (Phi) is 5.75. The molecule has 0 aliphatic carbocycles. The Hall–Kier alpha value is -1.63. The van der Waals surface area contributed by atoms with E-state index in [0.717, 1.165) is 6.42 Å². The minimum absolute atomic E-state index is 0.00559. The van der Waals surface area contributed by atoms with Crippen molar-refractivity contribution in [2.75, 3.05) is 0 Å². The Morgan fingerprint density at radius 2 is 2.00 bits per heavy atom. The molecule has 2 unspecified atom stereocenters. The molecule has 0 radical (unpaired) electrons. The van der Waals surface area contributed by atoms with Crippen molar-refractivity contribution in [2.24, 2.45) is 0 Å². The molecule has 108 valence electrons. The smallest absolute Gasteiger partial charge is 0.326 e. The van der Waals surface area contributed by atoms with E-state index in [-0.39, 0.29) is 25.4 Å². The van der Waals surface area contributed by atoms with Crippen molar-refractivity contribution in [2.45, 2.75) is 57.3 Å². The molecule has 1 aliphatic rings. The van der Waals surface area contributed by atoms with Crippen LogP contribution >= 0.6 is 0 Å². The van der Waals surface area contributed by atoms with Crippen LogP contribution in [-0.4, -0.2) is 46.3 Å².